The van der Waals surface area contributed by atoms with E-state index < -0.39 is 11.8 Å². The Morgan fingerprint density at radius 2 is 1.81 bits per heavy atom. The van der Waals surface area contributed by atoms with Crippen LogP contribution < -0.4 is 16.4 Å². The predicted octanol–water partition coefficient (Wildman–Crippen LogP) is 4.14. The molecule has 21 heavy (non-hydrogen) atoms. The number of primary amides is 1. The van der Waals surface area contributed by atoms with Crippen LogP contribution in [-0.2, 0) is 0 Å². The lowest BCUT2D eigenvalue weighted by molar-refractivity contribution is 0.259. The molecule has 0 aromatic heterocycles. The van der Waals surface area contributed by atoms with Crippen LogP contribution in [0, 0.1) is 5.82 Å². The molecule has 110 valence electrons. The summed E-state index contributed by atoms with van der Waals surface area (Å²) in [6.07, 6.45) is 0. The molecule has 0 aliphatic carbocycles. The number of carbonyl (C=O) groups is 1. The molecule has 1 atom stereocenters. The van der Waals surface area contributed by atoms with Gasteiger partial charge in [-0.1, -0.05) is 23.7 Å². The molecule has 0 fully saturated rings. The largest absolute Gasteiger partial charge is 0.378 e. The highest BCUT2D eigenvalue weighted by Crippen LogP contribution is 2.24. The lowest BCUT2D eigenvalue weighted by Gasteiger charge is -2.16. The maximum absolute atomic E-state index is 13.4. The fourth-order valence-corrected chi connectivity index (χ4v) is 2.03. The third-order valence-corrected chi connectivity index (χ3v) is 3.29. The second-order valence-electron chi connectivity index (χ2n) is 4.61. The molecule has 2 rings (SSSR count). The van der Waals surface area contributed by atoms with Gasteiger partial charge < -0.3 is 16.4 Å². The topological polar surface area (TPSA) is 67.2 Å². The van der Waals surface area contributed by atoms with E-state index in [0.717, 1.165) is 5.56 Å². The zero-order valence-electron chi connectivity index (χ0n) is 11.4. The van der Waals surface area contributed by atoms with Crippen molar-refractivity contribution in [3.05, 3.63) is 58.9 Å². The smallest absolute Gasteiger partial charge is 0.316 e. The molecule has 0 heterocycles. The van der Waals surface area contributed by atoms with Crippen molar-refractivity contribution in [3.8, 4) is 0 Å². The molecule has 4 nitrogen and oxygen atoms in total. The van der Waals surface area contributed by atoms with Crippen LogP contribution in [0.4, 0.5) is 20.6 Å². The van der Waals surface area contributed by atoms with Crippen LogP contribution in [-0.4, -0.2) is 6.03 Å². The van der Waals surface area contributed by atoms with Crippen molar-refractivity contribution < 1.29 is 9.18 Å². The molecular weight excluding hydrogens is 293 g/mol. The van der Waals surface area contributed by atoms with Gasteiger partial charge in [0.15, 0.2) is 0 Å². The van der Waals surface area contributed by atoms with Crippen molar-refractivity contribution in [2.24, 2.45) is 5.73 Å². The van der Waals surface area contributed by atoms with E-state index >= 15 is 0 Å². The van der Waals surface area contributed by atoms with Crippen molar-refractivity contribution in [2.75, 3.05) is 10.6 Å². The maximum atomic E-state index is 13.4. The number of rotatable bonds is 4. The average Bonchev–Trinajstić information content (AvgIpc) is 2.43. The third-order valence-electron chi connectivity index (χ3n) is 2.98. The summed E-state index contributed by atoms with van der Waals surface area (Å²) in [7, 11) is 0. The molecule has 0 spiro atoms. The van der Waals surface area contributed by atoms with E-state index in [1.165, 1.54) is 12.1 Å². The number of urea groups is 1. The Kier molecular flexibility index (Phi) is 4.65. The van der Waals surface area contributed by atoms with Gasteiger partial charge in [-0.15, -0.1) is 0 Å². The highest BCUT2D eigenvalue weighted by molar-refractivity contribution is 6.30. The molecule has 2 aromatic carbocycles. The number of carbonyl (C=O) groups excluding carboxylic acids is 1. The molecule has 0 radical (unpaired) electrons. The second-order valence-corrected chi connectivity index (χ2v) is 5.01. The Hall–Kier alpha value is -2.27. The first-order chi connectivity index (χ1) is 9.95. The van der Waals surface area contributed by atoms with Crippen LogP contribution in [0.3, 0.4) is 0 Å². The molecule has 0 saturated carbocycles. The average molecular weight is 308 g/mol. The van der Waals surface area contributed by atoms with E-state index in [4.69, 9.17) is 17.3 Å². The highest BCUT2D eigenvalue weighted by atomic mass is 35.5. The van der Waals surface area contributed by atoms with Gasteiger partial charge in [-0.05, 0) is 42.8 Å². The number of hydrogen-bond donors (Lipinski definition) is 3. The Balaban J connectivity index is 2.07. The Morgan fingerprint density at radius 3 is 2.38 bits per heavy atom. The van der Waals surface area contributed by atoms with E-state index in [-0.39, 0.29) is 11.1 Å². The van der Waals surface area contributed by atoms with E-state index in [1.807, 2.05) is 19.1 Å². The molecule has 6 heteroatoms. The fourth-order valence-electron chi connectivity index (χ4n) is 1.92. The van der Waals surface area contributed by atoms with E-state index in [2.05, 4.69) is 10.6 Å². The van der Waals surface area contributed by atoms with Crippen molar-refractivity contribution in [3.63, 3.8) is 0 Å². The maximum Gasteiger partial charge on any atom is 0.316 e. The van der Waals surface area contributed by atoms with Gasteiger partial charge in [-0.25, -0.2) is 9.18 Å². The molecule has 0 bridgehead atoms. The van der Waals surface area contributed by atoms with Crippen molar-refractivity contribution in [1.29, 1.82) is 0 Å². The first kappa shape index (κ1) is 15.1. The van der Waals surface area contributed by atoms with Gasteiger partial charge in [-0.3, -0.25) is 0 Å². The summed E-state index contributed by atoms with van der Waals surface area (Å²) in [6.45, 7) is 1.95. The van der Waals surface area contributed by atoms with Gasteiger partial charge in [0.05, 0.1) is 5.02 Å². The fraction of sp³-hybridized carbons (Fsp3) is 0.133. The third kappa shape index (κ3) is 4.10. The monoisotopic (exact) mass is 307 g/mol. The summed E-state index contributed by atoms with van der Waals surface area (Å²) in [5.74, 6) is -0.463. The summed E-state index contributed by atoms with van der Waals surface area (Å²) < 4.78 is 13.4. The number of amides is 2. The number of halogens is 2. The zero-order chi connectivity index (χ0) is 15.4. The molecule has 2 amide bonds. The second kappa shape index (κ2) is 6.45. The summed E-state index contributed by atoms with van der Waals surface area (Å²) in [6, 6.07) is 11.1. The highest BCUT2D eigenvalue weighted by Gasteiger charge is 2.07. The van der Waals surface area contributed by atoms with E-state index in [9.17, 15) is 9.18 Å². The van der Waals surface area contributed by atoms with Crippen LogP contribution in [0.5, 0.6) is 0 Å². The molecule has 0 aliphatic heterocycles. The van der Waals surface area contributed by atoms with Gasteiger partial charge in [-0.2, -0.15) is 0 Å². The minimum atomic E-state index is -0.606. The molecule has 4 N–H and O–H groups in total. The normalized spacial score (nSPS) is 11.8. The van der Waals surface area contributed by atoms with Gasteiger partial charge in [0.2, 0.25) is 0 Å². The minimum Gasteiger partial charge on any atom is -0.378 e. The van der Waals surface area contributed by atoms with E-state index in [1.54, 1.807) is 18.2 Å². The summed E-state index contributed by atoms with van der Waals surface area (Å²) in [5.41, 5.74) is 7.29. The van der Waals surface area contributed by atoms with Crippen LogP contribution in [0.15, 0.2) is 42.5 Å². The number of anilines is 2. The lowest BCUT2D eigenvalue weighted by atomic mass is 10.1. The van der Waals surface area contributed by atoms with Crippen molar-refractivity contribution >= 4 is 29.0 Å². The first-order valence-electron chi connectivity index (χ1n) is 6.33. The lowest BCUT2D eigenvalue weighted by Crippen LogP contribution is -2.19. The van der Waals surface area contributed by atoms with Gasteiger partial charge in [0, 0.05) is 17.4 Å². The summed E-state index contributed by atoms with van der Waals surface area (Å²) in [5, 5.41) is 5.76. The number of benzene rings is 2. The summed E-state index contributed by atoms with van der Waals surface area (Å²) >= 11 is 5.65. The van der Waals surface area contributed by atoms with Crippen LogP contribution in [0.25, 0.3) is 0 Å². The quantitative estimate of drug-likeness (QED) is 0.794. The molecule has 2 aromatic rings. The van der Waals surface area contributed by atoms with Crippen molar-refractivity contribution in [1.82, 2.24) is 0 Å². The van der Waals surface area contributed by atoms with Gasteiger partial charge >= 0.3 is 6.03 Å². The molecule has 1 unspecified atom stereocenters. The van der Waals surface area contributed by atoms with Crippen molar-refractivity contribution in [2.45, 2.75) is 13.0 Å². The minimum absolute atomic E-state index is 0.0341. The van der Waals surface area contributed by atoms with Crippen LogP contribution in [0.2, 0.25) is 5.02 Å². The van der Waals surface area contributed by atoms with Gasteiger partial charge in [0.1, 0.15) is 5.82 Å². The first-order valence-corrected chi connectivity index (χ1v) is 6.71. The SMILES string of the molecule is CC(Nc1ccc(Cl)c(F)c1)c1ccc(NC(N)=O)cc1. The Labute approximate surface area is 127 Å². The Bertz CT molecular complexity index is 646. The molecular formula is C15H15ClFN3O. The Morgan fingerprint density at radius 1 is 1.19 bits per heavy atom. The van der Waals surface area contributed by atoms with Crippen LogP contribution in [0.1, 0.15) is 18.5 Å². The zero-order valence-corrected chi connectivity index (χ0v) is 12.1. The predicted molar refractivity (Wildman–Crippen MR) is 83.1 cm³/mol. The number of nitrogens with one attached hydrogen (secondary N) is 2. The molecule has 0 aliphatic rings. The van der Waals surface area contributed by atoms with E-state index in [0.29, 0.717) is 11.4 Å². The number of nitrogens with two attached hydrogens (primary N) is 1. The molecule has 0 saturated heterocycles. The standard InChI is InChI=1S/C15H15ClFN3O/c1-9(19-12-6-7-13(16)14(17)8-12)10-2-4-11(5-3-10)20-15(18)21/h2-9,19H,1H3,(H3,18,20,21). The number of hydrogen-bond acceptors (Lipinski definition) is 2. The summed E-state index contributed by atoms with van der Waals surface area (Å²) in [4.78, 5) is 10.7. The van der Waals surface area contributed by atoms with Gasteiger partial charge in [0.25, 0.3) is 0 Å². The van der Waals surface area contributed by atoms with Crippen LogP contribution >= 0.6 is 11.6 Å².